The largest absolute Gasteiger partial charge is 0.403 e. The topological polar surface area (TPSA) is 26.0 Å². The van der Waals surface area contributed by atoms with Gasteiger partial charge in [-0.2, -0.15) is 13.2 Å². The van der Waals surface area contributed by atoms with Crippen LogP contribution in [0.2, 0.25) is 0 Å². The van der Waals surface area contributed by atoms with Gasteiger partial charge in [-0.05, 0) is 42.7 Å². The molecule has 1 aliphatic rings. The molecule has 102 valence electrons. The van der Waals surface area contributed by atoms with E-state index in [1.165, 1.54) is 18.4 Å². The smallest absolute Gasteiger partial charge is 0.320 e. The van der Waals surface area contributed by atoms with Gasteiger partial charge in [0, 0.05) is 0 Å². The lowest BCUT2D eigenvalue weighted by Crippen LogP contribution is -2.37. The Bertz CT molecular complexity index is 371. The molecule has 0 amide bonds. The molecular weight excluding hydrogens is 263 g/mol. The van der Waals surface area contributed by atoms with Gasteiger partial charge in [-0.3, -0.25) is 0 Å². The summed E-state index contributed by atoms with van der Waals surface area (Å²) in [6, 6.07) is 6.15. The van der Waals surface area contributed by atoms with Crippen molar-refractivity contribution in [2.75, 3.05) is 0 Å². The first-order valence-corrected chi connectivity index (χ1v) is 5.88. The van der Waals surface area contributed by atoms with Crippen molar-refractivity contribution < 1.29 is 13.2 Å². The van der Waals surface area contributed by atoms with Crippen molar-refractivity contribution in [2.24, 2.45) is 5.73 Å². The van der Waals surface area contributed by atoms with Crippen LogP contribution in [-0.2, 0) is 6.42 Å². The number of rotatable bonds is 4. The van der Waals surface area contributed by atoms with Crippen LogP contribution >= 0.6 is 12.4 Å². The Morgan fingerprint density at radius 2 is 1.72 bits per heavy atom. The molecule has 0 radical (unpaired) electrons. The fraction of sp³-hybridized carbons (Fsp3) is 0.538. The highest BCUT2D eigenvalue weighted by atomic mass is 35.5. The highest BCUT2D eigenvalue weighted by Crippen LogP contribution is 2.39. The standard InChI is InChI=1S/C13H16F3N.ClH/c14-13(15,16)12(17)8-3-9-1-4-10(5-2-9)11-6-7-11;/h1-2,4-5,11-12H,3,6-8,17H2;1H. The second kappa shape index (κ2) is 5.93. The van der Waals surface area contributed by atoms with E-state index >= 15 is 0 Å². The Morgan fingerprint density at radius 1 is 1.17 bits per heavy atom. The first-order chi connectivity index (χ1) is 7.97. The Balaban J connectivity index is 0.00000162. The summed E-state index contributed by atoms with van der Waals surface area (Å²) in [4.78, 5) is 0. The summed E-state index contributed by atoms with van der Waals surface area (Å²) >= 11 is 0. The maximum atomic E-state index is 12.2. The fourth-order valence-corrected chi connectivity index (χ4v) is 1.86. The summed E-state index contributed by atoms with van der Waals surface area (Å²) in [5.41, 5.74) is 7.29. The van der Waals surface area contributed by atoms with E-state index in [9.17, 15) is 13.2 Å². The number of nitrogens with two attached hydrogens (primary N) is 1. The van der Waals surface area contributed by atoms with Crippen molar-refractivity contribution in [3.63, 3.8) is 0 Å². The molecule has 1 aliphatic carbocycles. The van der Waals surface area contributed by atoms with Crippen LogP contribution in [0.15, 0.2) is 24.3 Å². The average molecular weight is 280 g/mol. The maximum absolute atomic E-state index is 12.2. The van der Waals surface area contributed by atoms with E-state index in [-0.39, 0.29) is 18.8 Å². The fourth-order valence-electron chi connectivity index (χ4n) is 1.86. The van der Waals surface area contributed by atoms with E-state index < -0.39 is 12.2 Å². The van der Waals surface area contributed by atoms with Crippen LogP contribution in [0, 0.1) is 0 Å². The third-order valence-corrected chi connectivity index (χ3v) is 3.19. The van der Waals surface area contributed by atoms with Crippen molar-refractivity contribution in [1.82, 2.24) is 0 Å². The molecule has 1 atom stereocenters. The van der Waals surface area contributed by atoms with E-state index in [0.29, 0.717) is 12.3 Å². The van der Waals surface area contributed by atoms with E-state index in [1.807, 2.05) is 24.3 Å². The second-order valence-electron chi connectivity index (χ2n) is 4.70. The Hall–Kier alpha value is -0.740. The molecular formula is C13H17ClF3N. The van der Waals surface area contributed by atoms with Gasteiger partial charge in [0.1, 0.15) is 6.04 Å². The van der Waals surface area contributed by atoms with E-state index in [0.717, 1.165) is 5.56 Å². The summed E-state index contributed by atoms with van der Waals surface area (Å²) in [7, 11) is 0. The zero-order valence-corrected chi connectivity index (χ0v) is 10.7. The first kappa shape index (κ1) is 15.3. The molecule has 0 heterocycles. The van der Waals surface area contributed by atoms with Crippen molar-refractivity contribution in [1.29, 1.82) is 0 Å². The van der Waals surface area contributed by atoms with Crippen LogP contribution in [0.25, 0.3) is 0 Å². The van der Waals surface area contributed by atoms with Crippen molar-refractivity contribution in [3.8, 4) is 0 Å². The summed E-state index contributed by atoms with van der Waals surface area (Å²) in [6.45, 7) is 0. The predicted octanol–water partition coefficient (Wildman–Crippen LogP) is 3.81. The lowest BCUT2D eigenvalue weighted by molar-refractivity contribution is -0.148. The lowest BCUT2D eigenvalue weighted by Gasteiger charge is -2.15. The molecule has 0 bridgehead atoms. The van der Waals surface area contributed by atoms with Gasteiger partial charge >= 0.3 is 6.18 Å². The van der Waals surface area contributed by atoms with E-state index in [1.54, 1.807) is 0 Å². The molecule has 1 unspecified atom stereocenters. The number of benzene rings is 1. The normalized spacial score (nSPS) is 17.1. The molecule has 1 saturated carbocycles. The Labute approximate surface area is 111 Å². The number of hydrogen-bond acceptors (Lipinski definition) is 1. The van der Waals surface area contributed by atoms with E-state index in [4.69, 9.17) is 5.73 Å². The molecule has 0 spiro atoms. The minimum absolute atomic E-state index is 0. The van der Waals surface area contributed by atoms with Gasteiger partial charge in [0.25, 0.3) is 0 Å². The van der Waals surface area contributed by atoms with Gasteiger partial charge in [-0.1, -0.05) is 24.3 Å². The van der Waals surface area contributed by atoms with Gasteiger partial charge in [-0.15, -0.1) is 12.4 Å². The number of aryl methyl sites for hydroxylation is 1. The zero-order valence-electron chi connectivity index (χ0n) is 9.91. The number of alkyl halides is 3. The molecule has 0 aromatic heterocycles. The van der Waals surface area contributed by atoms with Gasteiger partial charge in [0.05, 0.1) is 0 Å². The van der Waals surface area contributed by atoms with Gasteiger partial charge in [0.15, 0.2) is 0 Å². The molecule has 0 saturated heterocycles. The average Bonchev–Trinajstić information content (AvgIpc) is 3.09. The summed E-state index contributed by atoms with van der Waals surface area (Å²) < 4.78 is 36.6. The number of halogens is 4. The highest BCUT2D eigenvalue weighted by molar-refractivity contribution is 5.85. The summed E-state index contributed by atoms with van der Waals surface area (Å²) in [5.74, 6) is 0.682. The molecule has 5 heteroatoms. The SMILES string of the molecule is Cl.NC(CCc1ccc(C2CC2)cc1)C(F)(F)F. The van der Waals surface area contributed by atoms with Crippen LogP contribution in [-0.4, -0.2) is 12.2 Å². The van der Waals surface area contributed by atoms with E-state index in [2.05, 4.69) is 0 Å². The van der Waals surface area contributed by atoms with Gasteiger partial charge in [-0.25, -0.2) is 0 Å². The molecule has 1 aromatic rings. The highest BCUT2D eigenvalue weighted by Gasteiger charge is 2.35. The molecule has 18 heavy (non-hydrogen) atoms. The molecule has 2 rings (SSSR count). The molecule has 1 fully saturated rings. The quantitative estimate of drug-likeness (QED) is 0.891. The van der Waals surface area contributed by atoms with Crippen LogP contribution in [0.4, 0.5) is 13.2 Å². The predicted molar refractivity (Wildman–Crippen MR) is 68.0 cm³/mol. The third-order valence-electron chi connectivity index (χ3n) is 3.19. The van der Waals surface area contributed by atoms with Gasteiger partial charge < -0.3 is 5.73 Å². The van der Waals surface area contributed by atoms with Crippen molar-refractivity contribution >= 4 is 12.4 Å². The van der Waals surface area contributed by atoms with Crippen LogP contribution in [0.3, 0.4) is 0 Å². The van der Waals surface area contributed by atoms with Crippen molar-refractivity contribution in [3.05, 3.63) is 35.4 Å². The zero-order chi connectivity index (χ0) is 12.5. The van der Waals surface area contributed by atoms with Gasteiger partial charge in [0.2, 0.25) is 0 Å². The number of hydrogen-bond donors (Lipinski definition) is 1. The molecule has 1 aromatic carbocycles. The lowest BCUT2D eigenvalue weighted by atomic mass is 10.0. The maximum Gasteiger partial charge on any atom is 0.403 e. The third kappa shape index (κ3) is 4.18. The minimum atomic E-state index is -4.28. The summed E-state index contributed by atoms with van der Waals surface area (Å²) in [6.07, 6.45) is -1.48. The Kier molecular flexibility index (Phi) is 5.05. The molecule has 2 N–H and O–H groups in total. The monoisotopic (exact) mass is 279 g/mol. The molecule has 0 aliphatic heterocycles. The first-order valence-electron chi connectivity index (χ1n) is 5.88. The Morgan fingerprint density at radius 3 is 2.17 bits per heavy atom. The van der Waals surface area contributed by atoms with Crippen LogP contribution in [0.1, 0.15) is 36.3 Å². The second-order valence-corrected chi connectivity index (χ2v) is 4.70. The van der Waals surface area contributed by atoms with Crippen LogP contribution < -0.4 is 5.73 Å². The molecule has 1 nitrogen and oxygen atoms in total. The minimum Gasteiger partial charge on any atom is -0.320 e. The van der Waals surface area contributed by atoms with Crippen LogP contribution in [0.5, 0.6) is 0 Å². The van der Waals surface area contributed by atoms with Crippen molar-refractivity contribution in [2.45, 2.75) is 43.8 Å². The summed E-state index contributed by atoms with van der Waals surface area (Å²) in [5, 5.41) is 0.